The highest BCUT2D eigenvalue weighted by Gasteiger charge is 2.29. The van der Waals surface area contributed by atoms with E-state index in [1.807, 2.05) is 26.0 Å². The second-order valence-electron chi connectivity index (χ2n) is 8.13. The Labute approximate surface area is 172 Å². The third-order valence-corrected chi connectivity index (χ3v) is 7.50. The third kappa shape index (κ3) is 5.18. The molecule has 0 unspecified atom stereocenters. The molecule has 1 heterocycles. The summed E-state index contributed by atoms with van der Waals surface area (Å²) < 4.78 is 27.4. The van der Waals surface area contributed by atoms with E-state index < -0.39 is 15.9 Å². The summed E-state index contributed by atoms with van der Waals surface area (Å²) in [6.07, 6.45) is 0. The highest BCUT2D eigenvalue weighted by molar-refractivity contribution is 7.89. The number of nitrogens with one attached hydrogen (secondary N) is 1. The number of hydrogen-bond donors (Lipinski definition) is 1. The lowest BCUT2D eigenvalue weighted by Gasteiger charge is -2.26. The van der Waals surface area contributed by atoms with Crippen LogP contribution < -0.4 is 5.32 Å². The highest BCUT2D eigenvalue weighted by atomic mass is 32.2. The van der Waals surface area contributed by atoms with Crippen LogP contribution in [0.25, 0.3) is 0 Å². The Morgan fingerprint density at radius 3 is 2.18 bits per heavy atom. The van der Waals surface area contributed by atoms with Crippen molar-refractivity contribution >= 4 is 32.4 Å². The maximum Gasteiger partial charge on any atom is 0.243 e. The molecule has 0 aliphatic carbocycles. The summed E-state index contributed by atoms with van der Waals surface area (Å²) in [5, 5.41) is 3.19. The normalized spacial score (nSPS) is 12.6. The van der Waals surface area contributed by atoms with Crippen LogP contribution in [0.4, 0.5) is 5.13 Å². The Hall–Kier alpha value is -1.77. The zero-order valence-corrected chi connectivity index (χ0v) is 19.2. The van der Waals surface area contributed by atoms with Gasteiger partial charge in [0.2, 0.25) is 15.9 Å². The van der Waals surface area contributed by atoms with Crippen molar-refractivity contribution < 1.29 is 13.2 Å². The number of sulfonamides is 1. The molecular weight excluding hydrogens is 394 g/mol. The third-order valence-electron chi connectivity index (χ3n) is 4.48. The first-order valence-electron chi connectivity index (χ1n) is 9.18. The summed E-state index contributed by atoms with van der Waals surface area (Å²) in [4.78, 5) is 17.9. The van der Waals surface area contributed by atoms with E-state index in [9.17, 15) is 13.2 Å². The van der Waals surface area contributed by atoms with Gasteiger partial charge in [-0.1, -0.05) is 32.9 Å². The SMILES string of the molecule is Cc1nc(NC(=O)CN(C(C)C)S(=O)(=O)c2ccc(C(C)(C)C)cc2)sc1C. The standard InChI is InChI=1S/C20H29N3O3S2/c1-13(2)23(12-18(24)22-19-21-14(3)15(4)27-19)28(25,26)17-10-8-16(9-11-17)20(5,6)7/h8-11,13H,12H2,1-7H3,(H,21,22,24). The van der Waals surface area contributed by atoms with Crippen molar-refractivity contribution in [3.8, 4) is 0 Å². The van der Waals surface area contributed by atoms with Crippen molar-refractivity contribution in [2.45, 2.75) is 64.8 Å². The number of amides is 1. The number of hydrogen-bond acceptors (Lipinski definition) is 5. The van der Waals surface area contributed by atoms with Crippen LogP contribution in [0.1, 0.15) is 50.8 Å². The minimum Gasteiger partial charge on any atom is -0.301 e. The van der Waals surface area contributed by atoms with E-state index in [0.717, 1.165) is 16.1 Å². The van der Waals surface area contributed by atoms with Crippen LogP contribution in [0.2, 0.25) is 0 Å². The lowest BCUT2D eigenvalue weighted by Crippen LogP contribution is -2.42. The molecule has 154 valence electrons. The van der Waals surface area contributed by atoms with Gasteiger partial charge in [-0.15, -0.1) is 11.3 Å². The molecule has 2 aromatic rings. The number of aromatic nitrogens is 1. The van der Waals surface area contributed by atoms with Crippen molar-refractivity contribution in [1.29, 1.82) is 0 Å². The van der Waals surface area contributed by atoms with Crippen molar-refractivity contribution in [1.82, 2.24) is 9.29 Å². The number of rotatable bonds is 6. The van der Waals surface area contributed by atoms with Crippen molar-refractivity contribution in [2.75, 3.05) is 11.9 Å². The average Bonchev–Trinajstić information content (AvgIpc) is 2.89. The zero-order valence-electron chi connectivity index (χ0n) is 17.5. The Morgan fingerprint density at radius 1 is 1.18 bits per heavy atom. The lowest BCUT2D eigenvalue weighted by molar-refractivity contribution is -0.116. The van der Waals surface area contributed by atoms with Crippen LogP contribution in [0.3, 0.4) is 0 Å². The number of carbonyl (C=O) groups is 1. The molecule has 0 bridgehead atoms. The molecule has 0 atom stereocenters. The summed E-state index contributed by atoms with van der Waals surface area (Å²) >= 11 is 1.37. The average molecular weight is 424 g/mol. The van der Waals surface area contributed by atoms with E-state index >= 15 is 0 Å². The maximum absolute atomic E-state index is 13.1. The summed E-state index contributed by atoms with van der Waals surface area (Å²) in [5.41, 5.74) is 1.84. The van der Waals surface area contributed by atoms with E-state index in [1.165, 1.54) is 15.6 Å². The molecule has 1 aromatic carbocycles. The topological polar surface area (TPSA) is 79.4 Å². The van der Waals surface area contributed by atoms with E-state index in [4.69, 9.17) is 0 Å². The van der Waals surface area contributed by atoms with E-state index in [2.05, 4.69) is 31.1 Å². The predicted octanol–water partition coefficient (Wildman–Crippen LogP) is 4.10. The molecule has 0 aliphatic heterocycles. The Morgan fingerprint density at radius 2 is 1.75 bits per heavy atom. The van der Waals surface area contributed by atoms with Crippen LogP contribution in [-0.4, -0.2) is 36.2 Å². The molecule has 0 saturated heterocycles. The Kier molecular flexibility index (Phi) is 6.68. The fourth-order valence-electron chi connectivity index (χ4n) is 2.63. The molecule has 8 heteroatoms. The molecule has 2 rings (SSSR count). The van der Waals surface area contributed by atoms with E-state index in [1.54, 1.807) is 26.0 Å². The number of thiazole rings is 1. The minimum atomic E-state index is -3.80. The molecule has 0 saturated carbocycles. The van der Waals surface area contributed by atoms with Crippen LogP contribution >= 0.6 is 11.3 Å². The molecule has 1 aromatic heterocycles. The molecule has 0 fully saturated rings. The van der Waals surface area contributed by atoms with Gasteiger partial charge in [-0.25, -0.2) is 13.4 Å². The first-order chi connectivity index (χ1) is 12.8. The minimum absolute atomic E-state index is 0.0656. The van der Waals surface area contributed by atoms with Gasteiger partial charge in [0.25, 0.3) is 0 Å². The lowest BCUT2D eigenvalue weighted by atomic mass is 9.87. The Balaban J connectivity index is 2.22. The van der Waals surface area contributed by atoms with Gasteiger partial charge in [-0.05, 0) is 50.8 Å². The summed E-state index contributed by atoms with van der Waals surface area (Å²) in [6.45, 7) is 13.3. The second-order valence-corrected chi connectivity index (χ2v) is 11.2. The molecule has 6 nitrogen and oxygen atoms in total. The van der Waals surface area contributed by atoms with Crippen LogP contribution in [-0.2, 0) is 20.2 Å². The zero-order chi connectivity index (χ0) is 21.3. The van der Waals surface area contributed by atoms with Gasteiger partial charge >= 0.3 is 0 Å². The Bertz CT molecular complexity index is 921. The molecule has 1 amide bonds. The first-order valence-corrected chi connectivity index (χ1v) is 11.4. The summed E-state index contributed by atoms with van der Waals surface area (Å²) in [7, 11) is -3.80. The van der Waals surface area contributed by atoms with Crippen LogP contribution in [0.15, 0.2) is 29.2 Å². The van der Waals surface area contributed by atoms with Gasteiger partial charge in [0.15, 0.2) is 5.13 Å². The molecule has 0 spiro atoms. The summed E-state index contributed by atoms with van der Waals surface area (Å²) in [6, 6.07) is 6.50. The van der Waals surface area contributed by atoms with Crippen LogP contribution in [0, 0.1) is 13.8 Å². The molecule has 0 radical (unpaired) electrons. The van der Waals surface area contributed by atoms with Gasteiger partial charge in [0.1, 0.15) is 0 Å². The van der Waals surface area contributed by atoms with Gasteiger partial charge in [0, 0.05) is 10.9 Å². The molecule has 1 N–H and O–H groups in total. The van der Waals surface area contributed by atoms with Gasteiger partial charge < -0.3 is 5.32 Å². The fraction of sp³-hybridized carbons (Fsp3) is 0.500. The van der Waals surface area contributed by atoms with Gasteiger partial charge in [0.05, 0.1) is 17.1 Å². The van der Waals surface area contributed by atoms with Gasteiger partial charge in [-0.2, -0.15) is 4.31 Å². The van der Waals surface area contributed by atoms with Gasteiger partial charge in [-0.3, -0.25) is 4.79 Å². The highest BCUT2D eigenvalue weighted by Crippen LogP contribution is 2.26. The molecule has 0 aliphatic rings. The number of carbonyl (C=O) groups excluding carboxylic acids is 1. The fourth-order valence-corrected chi connectivity index (χ4v) is 5.06. The first kappa shape index (κ1) is 22.5. The van der Waals surface area contributed by atoms with Crippen molar-refractivity contribution in [3.63, 3.8) is 0 Å². The number of nitrogens with zero attached hydrogens (tertiary/aromatic N) is 2. The number of aryl methyl sites for hydroxylation is 2. The van der Waals surface area contributed by atoms with Crippen molar-refractivity contribution in [2.24, 2.45) is 0 Å². The van der Waals surface area contributed by atoms with E-state index in [-0.39, 0.29) is 22.9 Å². The maximum atomic E-state index is 13.1. The van der Waals surface area contributed by atoms with Crippen LogP contribution in [0.5, 0.6) is 0 Å². The molecular formula is C20H29N3O3S2. The largest absolute Gasteiger partial charge is 0.301 e. The smallest absolute Gasteiger partial charge is 0.243 e. The second kappa shape index (κ2) is 8.31. The quantitative estimate of drug-likeness (QED) is 0.759. The van der Waals surface area contributed by atoms with E-state index in [0.29, 0.717) is 5.13 Å². The monoisotopic (exact) mass is 423 g/mol. The summed E-state index contributed by atoms with van der Waals surface area (Å²) in [5.74, 6) is -0.405. The predicted molar refractivity (Wildman–Crippen MR) is 114 cm³/mol. The number of benzene rings is 1. The van der Waals surface area contributed by atoms with Crippen molar-refractivity contribution in [3.05, 3.63) is 40.4 Å². The molecule has 28 heavy (non-hydrogen) atoms. The number of anilines is 1.